The maximum Gasteiger partial charge on any atom is 0.228 e. The molecule has 1 atom stereocenters. The van der Waals surface area contributed by atoms with Crippen molar-refractivity contribution in [2.24, 2.45) is 11.3 Å². The topological polar surface area (TPSA) is 94.0 Å². The number of carbonyl (C=O) groups excluding carboxylic acids is 1. The third-order valence-electron chi connectivity index (χ3n) is 6.22. The van der Waals surface area contributed by atoms with Gasteiger partial charge in [0.15, 0.2) is 5.82 Å². The molecule has 1 aromatic heterocycles. The van der Waals surface area contributed by atoms with Crippen molar-refractivity contribution in [3.63, 3.8) is 0 Å². The second-order valence-corrected chi connectivity index (χ2v) is 7.97. The van der Waals surface area contributed by atoms with Crippen LogP contribution in [0.4, 0.5) is 5.69 Å². The number of nitrogens with zero attached hydrogens (tertiary/aromatic N) is 4. The number of ether oxygens (including phenoxy) is 1. The van der Waals surface area contributed by atoms with Crippen LogP contribution in [0.25, 0.3) is 5.69 Å². The molecule has 2 aromatic rings. The summed E-state index contributed by atoms with van der Waals surface area (Å²) >= 11 is 0. The van der Waals surface area contributed by atoms with Crippen LogP contribution in [0.2, 0.25) is 0 Å². The van der Waals surface area contributed by atoms with Gasteiger partial charge in [0.05, 0.1) is 7.11 Å². The summed E-state index contributed by atoms with van der Waals surface area (Å²) in [6, 6.07) is 5.63. The summed E-state index contributed by atoms with van der Waals surface area (Å²) in [6.45, 7) is 2.03. The van der Waals surface area contributed by atoms with Gasteiger partial charge in [0.1, 0.15) is 11.4 Å². The molecule has 3 fully saturated rings. The lowest BCUT2D eigenvalue weighted by molar-refractivity contribution is -0.118. The lowest BCUT2D eigenvalue weighted by Crippen LogP contribution is -2.31. The molecule has 1 aromatic carbocycles. The van der Waals surface area contributed by atoms with Crippen molar-refractivity contribution < 1.29 is 9.53 Å². The SMILES string of the molecule is COc1ccc(NC(=O)C2CC23CCNCC3)cc1-n1nnnc1C1CC1.Cl. The normalized spacial score (nSPS) is 22.4. The van der Waals surface area contributed by atoms with Crippen LogP contribution in [0.1, 0.15) is 43.8 Å². The third-order valence-corrected chi connectivity index (χ3v) is 6.22. The van der Waals surface area contributed by atoms with E-state index in [0.717, 1.165) is 62.4 Å². The average Bonchev–Trinajstić information content (AvgIpc) is 3.60. The quantitative estimate of drug-likeness (QED) is 0.794. The molecule has 2 N–H and O–H groups in total. The Labute approximate surface area is 169 Å². The van der Waals surface area contributed by atoms with Crippen molar-refractivity contribution in [3.8, 4) is 11.4 Å². The average molecular weight is 405 g/mol. The van der Waals surface area contributed by atoms with Gasteiger partial charge in [0.25, 0.3) is 0 Å². The van der Waals surface area contributed by atoms with E-state index in [1.807, 2.05) is 18.2 Å². The first-order chi connectivity index (χ1) is 13.2. The molecule has 0 radical (unpaired) electrons. The Balaban J connectivity index is 0.00000192. The highest BCUT2D eigenvalue weighted by molar-refractivity contribution is 5.95. The number of halogens is 1. The van der Waals surface area contributed by atoms with Crippen LogP contribution < -0.4 is 15.4 Å². The maximum absolute atomic E-state index is 12.8. The van der Waals surface area contributed by atoms with E-state index >= 15 is 0 Å². The molecule has 2 aliphatic carbocycles. The van der Waals surface area contributed by atoms with Crippen molar-refractivity contribution in [1.29, 1.82) is 0 Å². The number of hydrogen-bond acceptors (Lipinski definition) is 6. The molecule has 0 bridgehead atoms. The number of methoxy groups -OCH3 is 1. The number of rotatable bonds is 5. The Morgan fingerprint density at radius 3 is 2.82 bits per heavy atom. The minimum atomic E-state index is 0. The first kappa shape index (κ1) is 19.1. The summed E-state index contributed by atoms with van der Waals surface area (Å²) in [5, 5.41) is 18.6. The molecule has 3 aliphatic rings. The number of nitrogens with one attached hydrogen (secondary N) is 2. The first-order valence-electron chi connectivity index (χ1n) is 9.68. The highest BCUT2D eigenvalue weighted by Crippen LogP contribution is 2.58. The van der Waals surface area contributed by atoms with Crippen LogP contribution in [0.5, 0.6) is 5.75 Å². The van der Waals surface area contributed by atoms with Gasteiger partial charge in [-0.25, -0.2) is 0 Å². The van der Waals surface area contributed by atoms with Crippen molar-refractivity contribution >= 4 is 24.0 Å². The molecule has 5 rings (SSSR count). The van der Waals surface area contributed by atoms with Gasteiger partial charge in [0.2, 0.25) is 5.91 Å². The molecule has 1 spiro atoms. The Bertz CT molecular complexity index is 875. The number of aromatic nitrogens is 4. The van der Waals surface area contributed by atoms with E-state index in [-0.39, 0.29) is 29.6 Å². The van der Waals surface area contributed by atoms with Crippen LogP contribution in [0.3, 0.4) is 0 Å². The number of benzene rings is 1. The van der Waals surface area contributed by atoms with Gasteiger partial charge >= 0.3 is 0 Å². The summed E-state index contributed by atoms with van der Waals surface area (Å²) in [5.74, 6) is 2.19. The number of tetrazole rings is 1. The molecule has 1 aliphatic heterocycles. The monoisotopic (exact) mass is 404 g/mol. The second-order valence-electron chi connectivity index (χ2n) is 7.97. The van der Waals surface area contributed by atoms with Gasteiger partial charge in [-0.2, -0.15) is 4.68 Å². The van der Waals surface area contributed by atoms with E-state index < -0.39 is 0 Å². The summed E-state index contributed by atoms with van der Waals surface area (Å²) in [7, 11) is 1.63. The zero-order chi connectivity index (χ0) is 18.4. The number of amides is 1. The van der Waals surface area contributed by atoms with Gasteiger partial charge in [-0.05, 0) is 79.2 Å². The van der Waals surface area contributed by atoms with Crippen LogP contribution >= 0.6 is 12.4 Å². The van der Waals surface area contributed by atoms with E-state index in [9.17, 15) is 4.79 Å². The van der Waals surface area contributed by atoms with Gasteiger partial charge in [0, 0.05) is 17.5 Å². The molecule has 2 heterocycles. The van der Waals surface area contributed by atoms with Crippen LogP contribution in [-0.4, -0.2) is 46.3 Å². The van der Waals surface area contributed by atoms with Crippen molar-refractivity contribution in [3.05, 3.63) is 24.0 Å². The Morgan fingerprint density at radius 2 is 2.11 bits per heavy atom. The highest BCUT2D eigenvalue weighted by Gasteiger charge is 2.57. The lowest BCUT2D eigenvalue weighted by Gasteiger charge is -2.23. The fourth-order valence-corrected chi connectivity index (χ4v) is 4.32. The van der Waals surface area contributed by atoms with Crippen LogP contribution in [0, 0.1) is 11.3 Å². The predicted octanol–water partition coefficient (Wildman–Crippen LogP) is 2.30. The minimum absolute atomic E-state index is 0. The predicted molar refractivity (Wildman–Crippen MR) is 106 cm³/mol. The zero-order valence-electron chi connectivity index (χ0n) is 15.9. The summed E-state index contributed by atoms with van der Waals surface area (Å²) in [6.07, 6.45) is 5.40. The molecule has 8 nitrogen and oxygen atoms in total. The molecular weight excluding hydrogens is 380 g/mol. The summed E-state index contributed by atoms with van der Waals surface area (Å²) < 4.78 is 7.23. The summed E-state index contributed by atoms with van der Waals surface area (Å²) in [4.78, 5) is 12.8. The zero-order valence-corrected chi connectivity index (χ0v) is 16.7. The second kappa shape index (κ2) is 7.33. The molecule has 2 saturated carbocycles. The molecule has 1 unspecified atom stereocenters. The van der Waals surface area contributed by atoms with Crippen LogP contribution in [-0.2, 0) is 4.79 Å². The standard InChI is InChI=1S/C19H24N6O2.ClH/c1-27-16-5-4-13(10-15(16)25-17(12-2-3-12)22-23-24-25)21-18(26)14-11-19(14)6-8-20-9-7-19;/h4-5,10,12,14,20H,2-3,6-9,11H2,1H3,(H,21,26);1H. The molecular formula is C19H25ClN6O2. The number of carbonyl (C=O) groups is 1. The Hall–Kier alpha value is -2.19. The van der Waals surface area contributed by atoms with Gasteiger partial charge < -0.3 is 15.4 Å². The lowest BCUT2D eigenvalue weighted by atomic mass is 9.92. The fourth-order valence-electron chi connectivity index (χ4n) is 4.32. The van der Waals surface area contributed by atoms with Gasteiger partial charge in [-0.15, -0.1) is 17.5 Å². The van der Waals surface area contributed by atoms with Gasteiger partial charge in [-0.1, -0.05) is 0 Å². The fraction of sp³-hybridized carbons (Fsp3) is 0.579. The van der Waals surface area contributed by atoms with E-state index in [4.69, 9.17) is 4.74 Å². The molecule has 9 heteroatoms. The van der Waals surface area contributed by atoms with E-state index in [1.54, 1.807) is 11.8 Å². The van der Waals surface area contributed by atoms with Gasteiger partial charge in [-0.3, -0.25) is 4.79 Å². The van der Waals surface area contributed by atoms with E-state index in [1.165, 1.54) is 0 Å². The molecule has 150 valence electrons. The number of anilines is 1. The van der Waals surface area contributed by atoms with E-state index in [0.29, 0.717) is 11.7 Å². The van der Waals surface area contributed by atoms with E-state index in [2.05, 4.69) is 26.2 Å². The Morgan fingerprint density at radius 1 is 1.32 bits per heavy atom. The molecule has 1 amide bonds. The van der Waals surface area contributed by atoms with Crippen molar-refractivity contribution in [1.82, 2.24) is 25.5 Å². The third kappa shape index (κ3) is 3.35. The largest absolute Gasteiger partial charge is 0.494 e. The smallest absolute Gasteiger partial charge is 0.228 e. The Kier molecular flexibility index (Phi) is 5.01. The van der Waals surface area contributed by atoms with Crippen molar-refractivity contribution in [2.75, 3.05) is 25.5 Å². The number of piperidine rings is 1. The van der Waals surface area contributed by atoms with Crippen molar-refractivity contribution in [2.45, 2.75) is 38.0 Å². The number of hydrogen-bond donors (Lipinski definition) is 2. The highest BCUT2D eigenvalue weighted by atomic mass is 35.5. The summed E-state index contributed by atoms with van der Waals surface area (Å²) in [5.41, 5.74) is 1.73. The van der Waals surface area contributed by atoms with Crippen LogP contribution in [0.15, 0.2) is 18.2 Å². The molecule has 1 saturated heterocycles. The molecule has 28 heavy (non-hydrogen) atoms. The first-order valence-corrected chi connectivity index (χ1v) is 9.68. The minimum Gasteiger partial charge on any atom is -0.494 e. The maximum atomic E-state index is 12.8.